The van der Waals surface area contributed by atoms with Crippen LogP contribution in [0.5, 0.6) is 0 Å². The predicted octanol–water partition coefficient (Wildman–Crippen LogP) is 2.48. The second kappa shape index (κ2) is 4.06. The Labute approximate surface area is 101 Å². The normalized spacial score (nSPS) is 10.8. The van der Waals surface area contributed by atoms with Crippen molar-refractivity contribution in [3.63, 3.8) is 0 Å². The van der Waals surface area contributed by atoms with E-state index < -0.39 is 0 Å². The van der Waals surface area contributed by atoms with E-state index in [9.17, 15) is 0 Å². The van der Waals surface area contributed by atoms with Crippen molar-refractivity contribution in [1.29, 1.82) is 0 Å². The summed E-state index contributed by atoms with van der Waals surface area (Å²) in [6.07, 6.45) is 0. The number of fused-ring (bicyclic) bond motifs is 1. The van der Waals surface area contributed by atoms with E-state index in [0.717, 1.165) is 16.8 Å². The Morgan fingerprint density at radius 1 is 1.41 bits per heavy atom. The molecule has 0 amide bonds. The maximum Gasteiger partial charge on any atom is 0.296 e. The molecule has 0 radical (unpaired) electrons. The molecular formula is C11H10N4OS. The van der Waals surface area contributed by atoms with Gasteiger partial charge in [-0.1, -0.05) is 0 Å². The second-order valence-corrected chi connectivity index (χ2v) is 4.30. The van der Waals surface area contributed by atoms with Crippen LogP contribution in [0.15, 0.2) is 33.5 Å². The quantitative estimate of drug-likeness (QED) is 0.694. The van der Waals surface area contributed by atoms with Gasteiger partial charge in [-0.25, -0.2) is 4.98 Å². The Morgan fingerprint density at radius 3 is 3.18 bits per heavy atom. The minimum absolute atomic E-state index is 0.485. The number of oxazole rings is 1. The molecule has 0 atom stereocenters. The molecule has 17 heavy (non-hydrogen) atoms. The summed E-state index contributed by atoms with van der Waals surface area (Å²) in [5, 5.41) is 5.06. The van der Waals surface area contributed by atoms with Gasteiger partial charge in [0.1, 0.15) is 5.52 Å². The first-order valence-corrected chi connectivity index (χ1v) is 6.02. The van der Waals surface area contributed by atoms with Gasteiger partial charge in [0.05, 0.1) is 17.7 Å². The molecule has 0 aliphatic rings. The third kappa shape index (κ3) is 2.07. The Kier molecular flexibility index (Phi) is 2.41. The third-order valence-corrected chi connectivity index (χ3v) is 2.95. The van der Waals surface area contributed by atoms with Crippen LogP contribution < -0.4 is 11.1 Å². The van der Waals surface area contributed by atoms with Crippen molar-refractivity contribution >= 4 is 34.1 Å². The molecule has 0 saturated carbocycles. The number of anilines is 2. The molecule has 2 aromatic heterocycles. The van der Waals surface area contributed by atoms with Crippen molar-refractivity contribution in [2.45, 2.75) is 6.54 Å². The number of aromatic nitrogens is 2. The molecule has 0 fully saturated rings. The van der Waals surface area contributed by atoms with E-state index in [2.05, 4.69) is 15.3 Å². The summed E-state index contributed by atoms with van der Waals surface area (Å²) >= 11 is 1.56. The summed E-state index contributed by atoms with van der Waals surface area (Å²) in [5.74, 6) is 0. The summed E-state index contributed by atoms with van der Waals surface area (Å²) in [6, 6.07) is 5.87. The van der Waals surface area contributed by atoms with Crippen molar-refractivity contribution in [1.82, 2.24) is 9.97 Å². The molecule has 86 valence electrons. The lowest BCUT2D eigenvalue weighted by atomic mass is 10.3. The zero-order valence-electron chi connectivity index (χ0n) is 8.88. The summed E-state index contributed by atoms with van der Waals surface area (Å²) in [6.45, 7) is 0.603. The predicted molar refractivity (Wildman–Crippen MR) is 67.9 cm³/mol. The summed E-state index contributed by atoms with van der Waals surface area (Å²) in [7, 11) is 0. The molecule has 1 aromatic carbocycles. The Balaban J connectivity index is 1.81. The molecule has 0 saturated heterocycles. The lowest BCUT2D eigenvalue weighted by molar-refractivity contribution is 0.614. The molecule has 2 heterocycles. The molecule has 3 aromatic rings. The van der Waals surface area contributed by atoms with Crippen molar-refractivity contribution in [2.75, 3.05) is 11.1 Å². The van der Waals surface area contributed by atoms with E-state index >= 15 is 0 Å². The van der Waals surface area contributed by atoms with Gasteiger partial charge in [-0.3, -0.25) is 0 Å². The highest BCUT2D eigenvalue weighted by molar-refractivity contribution is 7.07. The van der Waals surface area contributed by atoms with Crippen LogP contribution in [0.25, 0.3) is 11.1 Å². The molecule has 0 aliphatic carbocycles. The molecule has 0 spiro atoms. The largest absolute Gasteiger partial charge is 0.424 e. The number of nitrogens with one attached hydrogen (secondary N) is 1. The van der Waals surface area contributed by atoms with Crippen molar-refractivity contribution in [3.8, 4) is 0 Å². The molecule has 0 bridgehead atoms. The van der Waals surface area contributed by atoms with Crippen LogP contribution in [0.2, 0.25) is 0 Å². The van der Waals surface area contributed by atoms with Gasteiger partial charge in [0, 0.05) is 11.1 Å². The highest BCUT2D eigenvalue weighted by Crippen LogP contribution is 2.21. The van der Waals surface area contributed by atoms with E-state index in [-0.39, 0.29) is 0 Å². The number of hydrogen-bond donors (Lipinski definition) is 2. The van der Waals surface area contributed by atoms with Gasteiger partial charge < -0.3 is 15.5 Å². The molecule has 0 unspecified atom stereocenters. The highest BCUT2D eigenvalue weighted by atomic mass is 32.1. The van der Waals surface area contributed by atoms with Gasteiger partial charge in [-0.05, 0) is 18.2 Å². The van der Waals surface area contributed by atoms with Crippen LogP contribution in [-0.4, -0.2) is 9.97 Å². The standard InChI is InChI=1S/C11H10N4OS/c12-7-1-2-10-9(3-7)15-11(16-10)13-4-8-5-17-6-14-8/h1-3,5-6H,4,12H2,(H,13,15). The van der Waals surface area contributed by atoms with Crippen molar-refractivity contribution < 1.29 is 4.42 Å². The summed E-state index contributed by atoms with van der Waals surface area (Å²) in [4.78, 5) is 8.46. The average Bonchev–Trinajstić information content (AvgIpc) is 2.94. The zero-order valence-corrected chi connectivity index (χ0v) is 9.70. The van der Waals surface area contributed by atoms with Crippen LogP contribution in [-0.2, 0) is 6.54 Å². The highest BCUT2D eigenvalue weighted by Gasteiger charge is 2.05. The fourth-order valence-electron chi connectivity index (χ4n) is 1.51. The van der Waals surface area contributed by atoms with Gasteiger partial charge in [0.15, 0.2) is 5.58 Å². The second-order valence-electron chi connectivity index (χ2n) is 3.58. The number of thiazole rings is 1. The van der Waals surface area contributed by atoms with E-state index in [4.69, 9.17) is 10.2 Å². The number of rotatable bonds is 3. The van der Waals surface area contributed by atoms with E-state index in [1.165, 1.54) is 0 Å². The fourth-order valence-corrected chi connectivity index (χ4v) is 2.07. The molecule has 5 nitrogen and oxygen atoms in total. The lowest BCUT2D eigenvalue weighted by Gasteiger charge is -1.96. The molecule has 0 aliphatic heterocycles. The van der Waals surface area contributed by atoms with Gasteiger partial charge in [0.25, 0.3) is 6.01 Å². The van der Waals surface area contributed by atoms with Crippen LogP contribution in [0.1, 0.15) is 5.69 Å². The zero-order chi connectivity index (χ0) is 11.7. The molecule has 3 rings (SSSR count). The first-order valence-electron chi connectivity index (χ1n) is 5.08. The van der Waals surface area contributed by atoms with Crippen molar-refractivity contribution in [2.24, 2.45) is 0 Å². The smallest absolute Gasteiger partial charge is 0.296 e. The van der Waals surface area contributed by atoms with Crippen LogP contribution in [0.4, 0.5) is 11.7 Å². The van der Waals surface area contributed by atoms with Crippen LogP contribution in [0, 0.1) is 0 Å². The van der Waals surface area contributed by atoms with E-state index in [1.54, 1.807) is 29.0 Å². The summed E-state index contributed by atoms with van der Waals surface area (Å²) < 4.78 is 5.52. The molecule has 3 N–H and O–H groups in total. The minimum Gasteiger partial charge on any atom is -0.424 e. The average molecular weight is 246 g/mol. The maximum absolute atomic E-state index is 5.67. The van der Waals surface area contributed by atoms with Gasteiger partial charge >= 0.3 is 0 Å². The maximum atomic E-state index is 5.67. The van der Waals surface area contributed by atoms with Gasteiger partial charge in [-0.2, -0.15) is 4.98 Å². The minimum atomic E-state index is 0.485. The van der Waals surface area contributed by atoms with Crippen molar-refractivity contribution in [3.05, 3.63) is 34.8 Å². The number of nitrogens with two attached hydrogens (primary N) is 1. The first kappa shape index (κ1) is 10.1. The third-order valence-electron chi connectivity index (χ3n) is 2.32. The first-order chi connectivity index (χ1) is 8.31. The number of nitrogens with zero attached hydrogens (tertiary/aromatic N) is 2. The Morgan fingerprint density at radius 2 is 2.35 bits per heavy atom. The van der Waals surface area contributed by atoms with Gasteiger partial charge in [-0.15, -0.1) is 11.3 Å². The summed E-state index contributed by atoms with van der Waals surface area (Å²) in [5.41, 5.74) is 10.6. The van der Waals surface area contributed by atoms with E-state index in [1.807, 2.05) is 11.4 Å². The number of nitrogen functional groups attached to an aromatic ring is 1. The molecule has 6 heteroatoms. The molecular weight excluding hydrogens is 236 g/mol. The Hall–Kier alpha value is -2.08. The fraction of sp³-hybridized carbons (Fsp3) is 0.0909. The SMILES string of the molecule is Nc1ccc2oc(NCc3cscn3)nc2c1. The Bertz CT molecular complexity index is 632. The van der Waals surface area contributed by atoms with E-state index in [0.29, 0.717) is 18.2 Å². The monoisotopic (exact) mass is 246 g/mol. The number of hydrogen-bond acceptors (Lipinski definition) is 6. The topological polar surface area (TPSA) is 77.0 Å². The van der Waals surface area contributed by atoms with Crippen LogP contribution in [0.3, 0.4) is 0 Å². The lowest BCUT2D eigenvalue weighted by Crippen LogP contribution is -1.99. The number of benzene rings is 1. The van der Waals surface area contributed by atoms with Gasteiger partial charge in [0.2, 0.25) is 0 Å². The van der Waals surface area contributed by atoms with Crippen LogP contribution >= 0.6 is 11.3 Å².